The molecule has 8 nitrogen and oxygen atoms in total. The van der Waals surface area contributed by atoms with Crippen LogP contribution in [0.15, 0.2) is 36.4 Å². The van der Waals surface area contributed by atoms with Crippen LogP contribution in [0.25, 0.3) is 0 Å². The summed E-state index contributed by atoms with van der Waals surface area (Å²) < 4.78 is 16.1. The molecule has 2 aromatic rings. The van der Waals surface area contributed by atoms with E-state index in [0.29, 0.717) is 17.2 Å². The number of carbonyl (C=O) groups is 2. The van der Waals surface area contributed by atoms with Crippen LogP contribution >= 0.6 is 11.6 Å². The maximum atomic E-state index is 12.5. The molecule has 0 spiro atoms. The van der Waals surface area contributed by atoms with E-state index in [2.05, 4.69) is 22.0 Å². The molecule has 3 rings (SSSR count). The van der Waals surface area contributed by atoms with Crippen LogP contribution in [0.5, 0.6) is 11.5 Å². The topological polar surface area (TPSA) is 80.3 Å². The van der Waals surface area contributed by atoms with Gasteiger partial charge in [0.15, 0.2) is 18.1 Å². The van der Waals surface area contributed by atoms with E-state index >= 15 is 0 Å². The van der Waals surface area contributed by atoms with Crippen LogP contribution in [0.4, 0.5) is 11.4 Å². The molecule has 0 aliphatic carbocycles. The van der Waals surface area contributed by atoms with Crippen molar-refractivity contribution in [1.29, 1.82) is 0 Å². The molecule has 9 heteroatoms. The molecular weight excluding hydrogens is 458 g/mol. The van der Waals surface area contributed by atoms with Crippen LogP contribution in [-0.2, 0) is 9.53 Å². The summed E-state index contributed by atoms with van der Waals surface area (Å²) in [5.74, 6) is -0.457. The molecule has 0 aromatic heterocycles. The van der Waals surface area contributed by atoms with Gasteiger partial charge in [-0.2, -0.15) is 0 Å². The van der Waals surface area contributed by atoms with E-state index in [0.717, 1.165) is 38.4 Å². The number of anilines is 2. The Morgan fingerprint density at radius 2 is 1.76 bits per heavy atom. The number of nitrogens with one attached hydrogen (secondary N) is 1. The molecule has 2 aromatic carbocycles. The standard InChI is InChI=1S/C25H32ClN3O5/c1-5-28-10-12-29(13-11-28)20-8-6-19(7-9-20)27-23(30)16-33-25(31)18-14-21(26)24(34-17(2)3)22(15-18)32-4/h6-9,14-15,17H,5,10-13,16H2,1-4H3,(H,27,30). The van der Waals surface area contributed by atoms with Crippen molar-refractivity contribution in [3.8, 4) is 11.5 Å². The van der Waals surface area contributed by atoms with Crippen LogP contribution in [0.2, 0.25) is 5.02 Å². The molecule has 1 amide bonds. The van der Waals surface area contributed by atoms with Gasteiger partial charge in [0.2, 0.25) is 0 Å². The second-order valence-electron chi connectivity index (χ2n) is 8.25. The lowest BCUT2D eigenvalue weighted by Gasteiger charge is -2.35. The van der Waals surface area contributed by atoms with Gasteiger partial charge in [0.05, 0.1) is 23.8 Å². The van der Waals surface area contributed by atoms with Gasteiger partial charge in [0, 0.05) is 37.6 Å². The number of rotatable bonds is 9. The van der Waals surface area contributed by atoms with Gasteiger partial charge < -0.3 is 29.3 Å². The van der Waals surface area contributed by atoms with Crippen LogP contribution in [0.1, 0.15) is 31.1 Å². The smallest absolute Gasteiger partial charge is 0.338 e. The predicted molar refractivity (Wildman–Crippen MR) is 133 cm³/mol. The molecule has 0 radical (unpaired) electrons. The number of carbonyl (C=O) groups excluding carboxylic acids is 2. The van der Waals surface area contributed by atoms with E-state index in [9.17, 15) is 9.59 Å². The zero-order chi connectivity index (χ0) is 24.7. The highest BCUT2D eigenvalue weighted by atomic mass is 35.5. The number of nitrogens with zero attached hydrogens (tertiary/aromatic N) is 2. The maximum absolute atomic E-state index is 12.5. The maximum Gasteiger partial charge on any atom is 0.338 e. The Morgan fingerprint density at radius 3 is 2.35 bits per heavy atom. The minimum Gasteiger partial charge on any atom is -0.493 e. The molecule has 1 aliphatic rings. The van der Waals surface area contributed by atoms with E-state index in [4.69, 9.17) is 25.8 Å². The lowest BCUT2D eigenvalue weighted by atomic mass is 10.2. The fraction of sp³-hybridized carbons (Fsp3) is 0.440. The molecule has 34 heavy (non-hydrogen) atoms. The summed E-state index contributed by atoms with van der Waals surface area (Å²) in [6, 6.07) is 10.6. The summed E-state index contributed by atoms with van der Waals surface area (Å²) >= 11 is 6.26. The van der Waals surface area contributed by atoms with E-state index in [1.54, 1.807) is 0 Å². The van der Waals surface area contributed by atoms with Crippen LogP contribution in [0.3, 0.4) is 0 Å². The number of benzene rings is 2. The zero-order valence-corrected chi connectivity index (χ0v) is 20.9. The van der Waals surface area contributed by atoms with Crippen LogP contribution < -0.4 is 19.7 Å². The van der Waals surface area contributed by atoms with Crippen molar-refractivity contribution in [2.24, 2.45) is 0 Å². The Bertz CT molecular complexity index is 989. The van der Waals surface area contributed by atoms with Gasteiger partial charge in [-0.15, -0.1) is 0 Å². The number of amides is 1. The van der Waals surface area contributed by atoms with Crippen LogP contribution in [-0.4, -0.2) is 69.3 Å². The summed E-state index contributed by atoms with van der Waals surface area (Å²) in [6.07, 6.45) is -0.117. The van der Waals surface area contributed by atoms with E-state index in [-0.39, 0.29) is 16.7 Å². The first kappa shape index (κ1) is 25.6. The summed E-state index contributed by atoms with van der Waals surface area (Å²) in [6.45, 7) is 10.6. The highest BCUT2D eigenvalue weighted by Gasteiger charge is 2.19. The third kappa shape index (κ3) is 6.77. The zero-order valence-electron chi connectivity index (χ0n) is 20.1. The van der Waals surface area contributed by atoms with Crippen molar-refractivity contribution in [2.45, 2.75) is 26.9 Å². The molecule has 1 N–H and O–H groups in total. The molecule has 0 bridgehead atoms. The van der Waals surface area contributed by atoms with Gasteiger partial charge in [-0.3, -0.25) is 4.79 Å². The Morgan fingerprint density at radius 1 is 1.09 bits per heavy atom. The van der Waals surface area contributed by atoms with Crippen LogP contribution in [0, 0.1) is 0 Å². The van der Waals surface area contributed by atoms with E-state index < -0.39 is 18.5 Å². The minimum absolute atomic E-state index is 0.117. The lowest BCUT2D eigenvalue weighted by Crippen LogP contribution is -2.46. The fourth-order valence-corrected chi connectivity index (χ4v) is 3.93. The molecule has 1 fully saturated rings. The van der Waals surface area contributed by atoms with Gasteiger partial charge in [-0.25, -0.2) is 4.79 Å². The first-order chi connectivity index (χ1) is 16.3. The quantitative estimate of drug-likeness (QED) is 0.532. The molecule has 184 valence electrons. The summed E-state index contributed by atoms with van der Waals surface area (Å²) in [4.78, 5) is 29.5. The van der Waals surface area contributed by atoms with Crippen molar-refractivity contribution in [1.82, 2.24) is 4.90 Å². The van der Waals surface area contributed by atoms with Gasteiger partial charge in [-0.1, -0.05) is 18.5 Å². The Hall–Kier alpha value is -2.97. The number of halogens is 1. The number of ether oxygens (including phenoxy) is 3. The molecular formula is C25H32ClN3O5. The number of likely N-dealkylation sites (N-methyl/N-ethyl adjacent to an activating group) is 1. The Labute approximate surface area is 205 Å². The average molecular weight is 490 g/mol. The third-order valence-corrected chi connectivity index (χ3v) is 5.77. The van der Waals surface area contributed by atoms with Gasteiger partial charge in [-0.05, 0) is 56.8 Å². The number of esters is 1. The molecule has 0 saturated carbocycles. The number of hydrogen-bond donors (Lipinski definition) is 1. The summed E-state index contributed by atoms with van der Waals surface area (Å²) in [5, 5.41) is 2.97. The Balaban J connectivity index is 1.53. The normalized spacial score (nSPS) is 14.1. The SMILES string of the molecule is CCN1CCN(c2ccc(NC(=O)COC(=O)c3cc(Cl)c(OC(C)C)c(OC)c3)cc2)CC1. The molecule has 0 atom stereocenters. The summed E-state index contributed by atoms with van der Waals surface area (Å²) in [5.41, 5.74) is 1.92. The lowest BCUT2D eigenvalue weighted by molar-refractivity contribution is -0.119. The second-order valence-corrected chi connectivity index (χ2v) is 8.66. The minimum atomic E-state index is -0.687. The number of piperazine rings is 1. The highest BCUT2D eigenvalue weighted by molar-refractivity contribution is 6.32. The monoisotopic (exact) mass is 489 g/mol. The van der Waals surface area contributed by atoms with Crippen molar-refractivity contribution in [3.05, 3.63) is 47.0 Å². The van der Waals surface area contributed by atoms with Crippen molar-refractivity contribution < 1.29 is 23.8 Å². The summed E-state index contributed by atoms with van der Waals surface area (Å²) in [7, 11) is 1.46. The first-order valence-electron chi connectivity index (χ1n) is 11.4. The van der Waals surface area contributed by atoms with Gasteiger partial charge >= 0.3 is 5.97 Å². The third-order valence-electron chi connectivity index (χ3n) is 5.49. The predicted octanol–water partition coefficient (Wildman–Crippen LogP) is 4.07. The van der Waals surface area contributed by atoms with Crippen molar-refractivity contribution in [3.63, 3.8) is 0 Å². The second kappa shape index (κ2) is 11.9. The first-order valence-corrected chi connectivity index (χ1v) is 11.8. The fourth-order valence-electron chi connectivity index (χ4n) is 3.68. The molecule has 0 unspecified atom stereocenters. The van der Waals surface area contributed by atoms with E-state index in [1.807, 2.05) is 38.1 Å². The average Bonchev–Trinajstić information content (AvgIpc) is 2.84. The largest absolute Gasteiger partial charge is 0.493 e. The molecule has 1 aliphatic heterocycles. The van der Waals surface area contributed by atoms with Crippen molar-refractivity contribution >= 4 is 34.9 Å². The van der Waals surface area contributed by atoms with Gasteiger partial charge in [0.1, 0.15) is 0 Å². The van der Waals surface area contributed by atoms with Gasteiger partial charge in [0.25, 0.3) is 5.91 Å². The number of methoxy groups -OCH3 is 1. The van der Waals surface area contributed by atoms with Crippen molar-refractivity contribution in [2.75, 3.05) is 56.7 Å². The molecule has 1 saturated heterocycles. The number of hydrogen-bond acceptors (Lipinski definition) is 7. The molecule has 1 heterocycles. The Kier molecular flexibility index (Phi) is 9.01. The highest BCUT2D eigenvalue weighted by Crippen LogP contribution is 2.37. The van der Waals surface area contributed by atoms with E-state index in [1.165, 1.54) is 19.2 Å².